The first-order valence-electron chi connectivity index (χ1n) is 6.25. The van der Waals surface area contributed by atoms with Crippen LogP contribution in [0.25, 0.3) is 0 Å². The molecule has 114 valence electrons. The molecule has 0 saturated carbocycles. The third-order valence-corrected chi connectivity index (χ3v) is 2.61. The van der Waals surface area contributed by atoms with Gasteiger partial charge in [-0.3, -0.25) is 9.59 Å². The summed E-state index contributed by atoms with van der Waals surface area (Å²) in [5, 5.41) is 23.2. The Morgan fingerprint density at radius 3 is 2.33 bits per heavy atom. The molecule has 1 aromatic carbocycles. The summed E-state index contributed by atoms with van der Waals surface area (Å²) in [5.74, 6) is -2.28. The van der Waals surface area contributed by atoms with Gasteiger partial charge in [0.2, 0.25) is 11.8 Å². The smallest absolute Gasteiger partial charge is 0.335 e. The number of hydrogen-bond donors (Lipinski definition) is 4. The average molecular weight is 294 g/mol. The third kappa shape index (κ3) is 4.79. The quantitative estimate of drug-likeness (QED) is 0.622. The SMILES string of the molecule is CC(C)(C)C(=O)NCC(=O)Nc1cc(C(=O)O)ccc1O. The van der Waals surface area contributed by atoms with Crippen LogP contribution in [0, 0.1) is 5.41 Å². The Kier molecular flexibility index (Phi) is 4.91. The molecule has 0 atom stereocenters. The molecule has 0 bridgehead atoms. The fourth-order valence-corrected chi connectivity index (χ4v) is 1.39. The van der Waals surface area contributed by atoms with Crippen LogP contribution in [0.15, 0.2) is 18.2 Å². The Labute approximate surface area is 122 Å². The van der Waals surface area contributed by atoms with Crippen LogP contribution in [-0.4, -0.2) is 34.5 Å². The van der Waals surface area contributed by atoms with Crippen LogP contribution >= 0.6 is 0 Å². The van der Waals surface area contributed by atoms with E-state index < -0.39 is 17.3 Å². The van der Waals surface area contributed by atoms with E-state index in [0.717, 1.165) is 6.07 Å². The van der Waals surface area contributed by atoms with E-state index in [-0.39, 0.29) is 29.5 Å². The summed E-state index contributed by atoms with van der Waals surface area (Å²) < 4.78 is 0. The molecule has 4 N–H and O–H groups in total. The minimum Gasteiger partial charge on any atom is -0.506 e. The molecule has 1 aromatic rings. The van der Waals surface area contributed by atoms with Crippen LogP contribution < -0.4 is 10.6 Å². The molecule has 0 heterocycles. The lowest BCUT2D eigenvalue weighted by atomic mass is 9.96. The van der Waals surface area contributed by atoms with Crippen molar-refractivity contribution in [2.24, 2.45) is 5.41 Å². The highest BCUT2D eigenvalue weighted by molar-refractivity contribution is 5.98. The first kappa shape index (κ1) is 16.5. The van der Waals surface area contributed by atoms with Gasteiger partial charge in [-0.15, -0.1) is 0 Å². The molecular weight excluding hydrogens is 276 g/mol. The number of amides is 2. The van der Waals surface area contributed by atoms with Crippen LogP contribution in [-0.2, 0) is 9.59 Å². The molecule has 21 heavy (non-hydrogen) atoms. The standard InChI is InChI=1S/C14H18N2O5/c1-14(2,3)13(21)15-7-11(18)16-9-6-8(12(19)20)4-5-10(9)17/h4-6,17H,7H2,1-3H3,(H,15,21)(H,16,18)(H,19,20). The monoisotopic (exact) mass is 294 g/mol. The predicted octanol–water partition coefficient (Wildman–Crippen LogP) is 1.19. The summed E-state index contributed by atoms with van der Waals surface area (Å²) in [6.45, 7) is 4.86. The number of nitrogens with one attached hydrogen (secondary N) is 2. The van der Waals surface area contributed by atoms with Gasteiger partial charge in [-0.05, 0) is 18.2 Å². The molecule has 0 radical (unpaired) electrons. The van der Waals surface area contributed by atoms with Crippen molar-refractivity contribution in [2.45, 2.75) is 20.8 Å². The summed E-state index contributed by atoms with van der Waals surface area (Å²) in [7, 11) is 0. The lowest BCUT2D eigenvalue weighted by molar-refractivity contribution is -0.130. The van der Waals surface area contributed by atoms with Crippen LogP contribution in [0.5, 0.6) is 5.75 Å². The number of hydrogen-bond acceptors (Lipinski definition) is 4. The molecule has 0 spiro atoms. The number of benzene rings is 1. The van der Waals surface area contributed by atoms with Crippen molar-refractivity contribution in [3.05, 3.63) is 23.8 Å². The van der Waals surface area contributed by atoms with Crippen LogP contribution in [0.1, 0.15) is 31.1 Å². The van der Waals surface area contributed by atoms with Gasteiger partial charge >= 0.3 is 5.97 Å². The van der Waals surface area contributed by atoms with Crippen LogP contribution in [0.2, 0.25) is 0 Å². The second kappa shape index (κ2) is 6.25. The van der Waals surface area contributed by atoms with Crippen LogP contribution in [0.4, 0.5) is 5.69 Å². The van der Waals surface area contributed by atoms with Gasteiger partial charge < -0.3 is 20.8 Å². The Morgan fingerprint density at radius 1 is 1.19 bits per heavy atom. The van der Waals surface area contributed by atoms with E-state index in [0.29, 0.717) is 0 Å². The van der Waals surface area contributed by atoms with E-state index >= 15 is 0 Å². The molecule has 0 fully saturated rings. The van der Waals surface area contributed by atoms with Gasteiger partial charge in [0.15, 0.2) is 0 Å². The van der Waals surface area contributed by atoms with Crippen molar-refractivity contribution in [2.75, 3.05) is 11.9 Å². The highest BCUT2D eigenvalue weighted by Gasteiger charge is 2.21. The largest absolute Gasteiger partial charge is 0.506 e. The zero-order valence-electron chi connectivity index (χ0n) is 12.1. The highest BCUT2D eigenvalue weighted by atomic mass is 16.4. The average Bonchev–Trinajstić information content (AvgIpc) is 2.37. The fraction of sp³-hybridized carbons (Fsp3) is 0.357. The Balaban J connectivity index is 2.69. The predicted molar refractivity (Wildman–Crippen MR) is 76.2 cm³/mol. The molecule has 2 amide bonds. The number of aromatic hydroxyl groups is 1. The summed E-state index contributed by atoms with van der Waals surface area (Å²) >= 11 is 0. The number of rotatable bonds is 4. The number of carbonyl (C=O) groups is 3. The van der Waals surface area contributed by atoms with Gasteiger partial charge in [0.05, 0.1) is 17.8 Å². The van der Waals surface area contributed by atoms with Gasteiger partial charge in [-0.1, -0.05) is 20.8 Å². The summed E-state index contributed by atoms with van der Waals surface area (Å²) in [6.07, 6.45) is 0. The molecule has 0 saturated heterocycles. The molecule has 0 aliphatic heterocycles. The molecule has 7 nitrogen and oxygen atoms in total. The molecule has 0 unspecified atom stereocenters. The van der Waals surface area contributed by atoms with Gasteiger partial charge in [-0.2, -0.15) is 0 Å². The zero-order chi connectivity index (χ0) is 16.2. The summed E-state index contributed by atoms with van der Waals surface area (Å²) in [6, 6.07) is 3.53. The molecule has 0 aromatic heterocycles. The fourth-order valence-electron chi connectivity index (χ4n) is 1.39. The second-order valence-corrected chi connectivity index (χ2v) is 5.52. The number of carboxylic acids is 1. The minimum atomic E-state index is -1.17. The van der Waals surface area contributed by atoms with Crippen LogP contribution in [0.3, 0.4) is 0 Å². The van der Waals surface area contributed by atoms with E-state index in [2.05, 4.69) is 10.6 Å². The minimum absolute atomic E-state index is 0.0232. The van der Waals surface area contributed by atoms with Gasteiger partial charge in [0, 0.05) is 5.41 Å². The molecule has 1 rings (SSSR count). The van der Waals surface area contributed by atoms with E-state index in [9.17, 15) is 19.5 Å². The third-order valence-electron chi connectivity index (χ3n) is 2.61. The summed E-state index contributed by atoms with van der Waals surface area (Å²) in [4.78, 5) is 34.1. The first-order chi connectivity index (χ1) is 9.61. The molecule has 7 heteroatoms. The van der Waals surface area contributed by atoms with Crippen molar-refractivity contribution in [1.29, 1.82) is 0 Å². The van der Waals surface area contributed by atoms with Crippen molar-refractivity contribution in [3.8, 4) is 5.75 Å². The maximum absolute atomic E-state index is 11.7. The Hall–Kier alpha value is -2.57. The van der Waals surface area contributed by atoms with Gasteiger partial charge in [0.1, 0.15) is 5.75 Å². The van der Waals surface area contributed by atoms with Gasteiger partial charge in [-0.25, -0.2) is 4.79 Å². The Morgan fingerprint density at radius 2 is 1.81 bits per heavy atom. The maximum Gasteiger partial charge on any atom is 0.335 e. The maximum atomic E-state index is 11.7. The number of aromatic carboxylic acids is 1. The van der Waals surface area contributed by atoms with Crippen molar-refractivity contribution in [1.82, 2.24) is 5.32 Å². The van der Waals surface area contributed by atoms with E-state index in [4.69, 9.17) is 5.11 Å². The normalized spacial score (nSPS) is 10.8. The number of carboxylic acid groups (broad SMARTS) is 1. The second-order valence-electron chi connectivity index (χ2n) is 5.52. The first-order valence-corrected chi connectivity index (χ1v) is 6.25. The van der Waals surface area contributed by atoms with E-state index in [1.165, 1.54) is 12.1 Å². The molecular formula is C14H18N2O5. The lowest BCUT2D eigenvalue weighted by Crippen LogP contribution is -2.39. The van der Waals surface area contributed by atoms with Crippen molar-refractivity contribution in [3.63, 3.8) is 0 Å². The number of phenolic OH excluding ortho intramolecular Hbond substituents is 1. The van der Waals surface area contributed by atoms with Crippen molar-refractivity contribution < 1.29 is 24.6 Å². The number of anilines is 1. The topological polar surface area (TPSA) is 116 Å². The Bertz CT molecular complexity index is 575. The van der Waals surface area contributed by atoms with E-state index in [1.807, 2.05) is 0 Å². The lowest BCUT2D eigenvalue weighted by Gasteiger charge is -2.17. The van der Waals surface area contributed by atoms with Gasteiger partial charge in [0.25, 0.3) is 0 Å². The van der Waals surface area contributed by atoms with E-state index in [1.54, 1.807) is 20.8 Å². The van der Waals surface area contributed by atoms with Crippen molar-refractivity contribution >= 4 is 23.5 Å². The highest BCUT2D eigenvalue weighted by Crippen LogP contribution is 2.24. The number of carbonyl (C=O) groups excluding carboxylic acids is 2. The summed E-state index contributed by atoms with van der Waals surface area (Å²) in [5.41, 5.74) is -0.710. The zero-order valence-corrected chi connectivity index (χ0v) is 12.1. The molecule has 0 aliphatic carbocycles. The molecule has 0 aliphatic rings. The number of phenols is 1.